The topological polar surface area (TPSA) is 91.0 Å². The van der Waals surface area contributed by atoms with E-state index in [2.05, 4.69) is 10.6 Å². The van der Waals surface area contributed by atoms with Gasteiger partial charge in [0, 0.05) is 37.8 Å². The van der Waals surface area contributed by atoms with E-state index in [9.17, 15) is 14.4 Å². The number of cyclic esters (lactones) is 1. The number of rotatable bonds is 6. The third kappa shape index (κ3) is 4.65. The highest BCUT2D eigenvalue weighted by molar-refractivity contribution is 5.89. The molecule has 0 bridgehead atoms. The first kappa shape index (κ1) is 18.0. The summed E-state index contributed by atoms with van der Waals surface area (Å²) in [5.74, 6) is 0.146. The number of anilines is 1. The van der Waals surface area contributed by atoms with Crippen molar-refractivity contribution in [2.24, 2.45) is 0 Å². The van der Waals surface area contributed by atoms with Gasteiger partial charge in [-0.2, -0.15) is 0 Å². The zero-order chi connectivity index (χ0) is 18.5. The van der Waals surface area contributed by atoms with Crippen LogP contribution in [0.15, 0.2) is 24.3 Å². The summed E-state index contributed by atoms with van der Waals surface area (Å²) in [7, 11) is 0. The summed E-state index contributed by atoms with van der Waals surface area (Å²) in [5.41, 5.74) is 1.56. The third-order valence-corrected chi connectivity index (χ3v) is 4.45. The van der Waals surface area contributed by atoms with Gasteiger partial charge in [-0.05, 0) is 31.0 Å². The Balaban J connectivity index is 1.49. The summed E-state index contributed by atoms with van der Waals surface area (Å²) in [6, 6.07) is 6.90. The fourth-order valence-corrected chi connectivity index (χ4v) is 3.20. The lowest BCUT2D eigenvalue weighted by atomic mass is 10.2. The second kappa shape index (κ2) is 8.07. The van der Waals surface area contributed by atoms with E-state index < -0.39 is 0 Å². The van der Waals surface area contributed by atoms with Gasteiger partial charge in [0.15, 0.2) is 0 Å². The number of hydrogen-bond donors (Lipinski definition) is 2. The summed E-state index contributed by atoms with van der Waals surface area (Å²) in [5, 5.41) is 5.64. The van der Waals surface area contributed by atoms with Gasteiger partial charge in [-0.15, -0.1) is 0 Å². The lowest BCUT2D eigenvalue weighted by Crippen LogP contribution is -2.44. The molecule has 0 unspecified atom stereocenters. The van der Waals surface area contributed by atoms with Crippen LogP contribution >= 0.6 is 0 Å². The van der Waals surface area contributed by atoms with Crippen molar-refractivity contribution in [1.29, 1.82) is 0 Å². The summed E-state index contributed by atoms with van der Waals surface area (Å²) in [6.45, 7) is 4.58. The number of nitrogens with zero attached hydrogens (tertiary/aromatic N) is 2. The molecule has 2 saturated heterocycles. The van der Waals surface area contributed by atoms with Crippen molar-refractivity contribution in [3.63, 3.8) is 0 Å². The fourth-order valence-electron chi connectivity index (χ4n) is 3.20. The smallest absolute Gasteiger partial charge is 0.410 e. The molecule has 0 aliphatic carbocycles. The maximum atomic E-state index is 12.2. The summed E-state index contributed by atoms with van der Waals surface area (Å²) >= 11 is 0. The molecule has 1 aromatic carbocycles. The molecular formula is C18H24N4O4. The molecule has 2 aliphatic heterocycles. The Hall–Kier alpha value is -2.77. The molecule has 1 atom stereocenters. The highest BCUT2D eigenvalue weighted by Crippen LogP contribution is 2.15. The quantitative estimate of drug-likeness (QED) is 0.809. The number of amides is 4. The zero-order valence-electron chi connectivity index (χ0n) is 14.9. The fraction of sp³-hybridized carbons (Fsp3) is 0.500. The molecular weight excluding hydrogens is 336 g/mol. The standard InChI is InChI=1S/C18H24N4O4/c1-13(11-21-7-3-6-16(21)23)19-17(24)20-15-5-2-4-14(10-15)12-22-8-9-26-18(22)25/h2,4-5,10,13H,3,6-9,11-12H2,1H3,(H2,19,20,24)/t13-/m0/s1. The largest absolute Gasteiger partial charge is 0.448 e. The Kier molecular flexibility index (Phi) is 5.60. The van der Waals surface area contributed by atoms with Crippen LogP contribution < -0.4 is 10.6 Å². The van der Waals surface area contributed by atoms with Crippen LogP contribution in [0.4, 0.5) is 15.3 Å². The molecule has 2 aliphatic rings. The highest BCUT2D eigenvalue weighted by Gasteiger charge is 2.23. The molecule has 0 aromatic heterocycles. The molecule has 8 nitrogen and oxygen atoms in total. The summed E-state index contributed by atoms with van der Waals surface area (Å²) in [4.78, 5) is 38.7. The van der Waals surface area contributed by atoms with Gasteiger partial charge >= 0.3 is 12.1 Å². The molecule has 26 heavy (non-hydrogen) atoms. The Bertz CT molecular complexity index is 694. The Morgan fingerprint density at radius 3 is 2.81 bits per heavy atom. The van der Waals surface area contributed by atoms with E-state index in [1.54, 1.807) is 15.9 Å². The average Bonchev–Trinajstić information content (AvgIpc) is 3.16. The predicted molar refractivity (Wildman–Crippen MR) is 95.6 cm³/mol. The molecule has 0 radical (unpaired) electrons. The minimum atomic E-state index is -0.318. The number of carbonyl (C=O) groups excluding carboxylic acids is 3. The van der Waals surface area contributed by atoms with Crippen molar-refractivity contribution < 1.29 is 19.1 Å². The molecule has 1 aromatic rings. The lowest BCUT2D eigenvalue weighted by Gasteiger charge is -2.22. The number of benzene rings is 1. The Labute approximate surface area is 152 Å². The summed E-state index contributed by atoms with van der Waals surface area (Å²) < 4.78 is 4.92. The monoisotopic (exact) mass is 360 g/mol. The van der Waals surface area contributed by atoms with Crippen LogP contribution in [0.2, 0.25) is 0 Å². The molecule has 0 spiro atoms. The first-order valence-corrected chi connectivity index (χ1v) is 8.87. The Morgan fingerprint density at radius 1 is 1.27 bits per heavy atom. The van der Waals surface area contributed by atoms with E-state index in [1.165, 1.54) is 0 Å². The number of carbonyl (C=O) groups is 3. The normalized spacial score (nSPS) is 18.0. The second-order valence-corrected chi connectivity index (χ2v) is 6.68. The Morgan fingerprint density at radius 2 is 2.12 bits per heavy atom. The number of hydrogen-bond acceptors (Lipinski definition) is 4. The number of likely N-dealkylation sites (tertiary alicyclic amines) is 1. The minimum absolute atomic E-state index is 0.139. The minimum Gasteiger partial charge on any atom is -0.448 e. The van der Waals surface area contributed by atoms with Gasteiger partial charge in [0.05, 0.1) is 6.54 Å². The number of urea groups is 1. The van der Waals surface area contributed by atoms with E-state index in [0.29, 0.717) is 38.3 Å². The molecule has 0 saturated carbocycles. The van der Waals surface area contributed by atoms with Crippen LogP contribution in [-0.2, 0) is 16.1 Å². The van der Waals surface area contributed by atoms with E-state index in [0.717, 1.165) is 18.5 Å². The first-order chi connectivity index (χ1) is 12.5. The van der Waals surface area contributed by atoms with Crippen LogP contribution in [0.1, 0.15) is 25.3 Å². The van der Waals surface area contributed by atoms with E-state index in [4.69, 9.17) is 4.74 Å². The van der Waals surface area contributed by atoms with Crippen molar-refractivity contribution in [3.8, 4) is 0 Å². The van der Waals surface area contributed by atoms with Gasteiger partial charge in [-0.1, -0.05) is 12.1 Å². The van der Waals surface area contributed by atoms with Crippen LogP contribution in [-0.4, -0.2) is 60.1 Å². The third-order valence-electron chi connectivity index (χ3n) is 4.45. The molecule has 140 valence electrons. The zero-order valence-corrected chi connectivity index (χ0v) is 14.9. The van der Waals surface area contributed by atoms with Crippen LogP contribution in [0.25, 0.3) is 0 Å². The van der Waals surface area contributed by atoms with E-state index >= 15 is 0 Å². The number of ether oxygens (including phenoxy) is 1. The van der Waals surface area contributed by atoms with Crippen molar-refractivity contribution in [2.45, 2.75) is 32.4 Å². The molecule has 8 heteroatoms. The molecule has 3 rings (SSSR count). The van der Waals surface area contributed by atoms with Gasteiger partial charge in [-0.25, -0.2) is 9.59 Å². The van der Waals surface area contributed by atoms with Crippen LogP contribution in [0.5, 0.6) is 0 Å². The van der Waals surface area contributed by atoms with Crippen LogP contribution in [0, 0.1) is 0 Å². The number of nitrogens with one attached hydrogen (secondary N) is 2. The van der Waals surface area contributed by atoms with Gasteiger partial charge < -0.3 is 25.2 Å². The van der Waals surface area contributed by atoms with Gasteiger partial charge in [-0.3, -0.25) is 4.79 Å². The first-order valence-electron chi connectivity index (χ1n) is 8.87. The molecule has 2 fully saturated rings. The summed E-state index contributed by atoms with van der Waals surface area (Å²) in [6.07, 6.45) is 1.16. The van der Waals surface area contributed by atoms with Gasteiger partial charge in [0.2, 0.25) is 5.91 Å². The average molecular weight is 360 g/mol. The lowest BCUT2D eigenvalue weighted by molar-refractivity contribution is -0.127. The second-order valence-electron chi connectivity index (χ2n) is 6.68. The van der Waals surface area contributed by atoms with Gasteiger partial charge in [0.1, 0.15) is 6.61 Å². The predicted octanol–water partition coefficient (Wildman–Crippen LogP) is 1.77. The van der Waals surface area contributed by atoms with Crippen LogP contribution in [0.3, 0.4) is 0 Å². The molecule has 2 N–H and O–H groups in total. The molecule has 4 amide bonds. The van der Waals surface area contributed by atoms with Gasteiger partial charge in [0.25, 0.3) is 0 Å². The maximum absolute atomic E-state index is 12.2. The molecule has 2 heterocycles. The van der Waals surface area contributed by atoms with Crippen molar-refractivity contribution in [3.05, 3.63) is 29.8 Å². The maximum Gasteiger partial charge on any atom is 0.410 e. The van der Waals surface area contributed by atoms with Crippen molar-refractivity contribution in [1.82, 2.24) is 15.1 Å². The van der Waals surface area contributed by atoms with Crippen molar-refractivity contribution in [2.75, 3.05) is 31.6 Å². The highest BCUT2D eigenvalue weighted by atomic mass is 16.6. The van der Waals surface area contributed by atoms with E-state index in [-0.39, 0.29) is 24.1 Å². The van der Waals surface area contributed by atoms with E-state index in [1.807, 2.05) is 25.1 Å². The SMILES string of the molecule is C[C@@H](CN1CCCC1=O)NC(=O)Nc1cccc(CN2CCOC2=O)c1. The van der Waals surface area contributed by atoms with Crippen molar-refractivity contribution >= 4 is 23.7 Å².